The predicted molar refractivity (Wildman–Crippen MR) is 310 cm³/mol. The monoisotopic (exact) mass is 1000 g/mol. The van der Waals surface area contributed by atoms with Gasteiger partial charge in [0.2, 0.25) is 5.91 Å². The normalized spacial score (nSPS) is 12.5. The number of unbranched alkanes of at least 4 members (excludes halogenated alkanes) is 51. The average Bonchev–Trinajstić information content (AvgIpc) is 3.37. The Hall–Kier alpha value is -1.14. The third kappa shape index (κ3) is 58.0. The molecule has 0 bridgehead atoms. The Morgan fingerprint density at radius 3 is 0.859 bits per heavy atom. The summed E-state index contributed by atoms with van der Waals surface area (Å²) in [7, 11) is 0. The molecule has 6 nitrogen and oxygen atoms in total. The number of amides is 1. The van der Waals surface area contributed by atoms with E-state index in [2.05, 4.69) is 19.2 Å². The zero-order valence-corrected chi connectivity index (χ0v) is 48.5. The smallest absolute Gasteiger partial charge is 0.305 e. The summed E-state index contributed by atoms with van der Waals surface area (Å²) in [5.41, 5.74) is 0. The molecule has 0 aliphatic heterocycles. The molecule has 0 radical (unpaired) electrons. The van der Waals surface area contributed by atoms with Crippen LogP contribution >= 0.6 is 0 Å². The van der Waals surface area contributed by atoms with Crippen LogP contribution in [0.1, 0.15) is 380 Å². The van der Waals surface area contributed by atoms with Crippen LogP contribution in [0.4, 0.5) is 0 Å². The molecule has 1 amide bonds. The molecule has 6 heteroatoms. The molecule has 2 atom stereocenters. The van der Waals surface area contributed by atoms with Gasteiger partial charge in [-0.25, -0.2) is 0 Å². The summed E-state index contributed by atoms with van der Waals surface area (Å²) >= 11 is 0. The molecule has 0 fully saturated rings. The van der Waals surface area contributed by atoms with E-state index in [1.54, 1.807) is 0 Å². The molecule has 0 rings (SSSR count). The van der Waals surface area contributed by atoms with Crippen LogP contribution in [-0.4, -0.2) is 47.4 Å². The zero-order chi connectivity index (χ0) is 51.4. The first kappa shape index (κ1) is 69.9. The minimum atomic E-state index is -0.663. The lowest BCUT2D eigenvalue weighted by Gasteiger charge is -2.22. The average molecular weight is 1000 g/mol. The van der Waals surface area contributed by atoms with Gasteiger partial charge < -0.3 is 20.3 Å². The first-order chi connectivity index (χ1) is 35.0. The number of esters is 1. The van der Waals surface area contributed by atoms with E-state index in [4.69, 9.17) is 4.74 Å². The fourth-order valence-corrected chi connectivity index (χ4v) is 10.6. The quantitative estimate of drug-likeness (QED) is 0.0417. The van der Waals surface area contributed by atoms with Gasteiger partial charge in [-0.2, -0.15) is 0 Å². The lowest BCUT2D eigenvalue weighted by Crippen LogP contribution is -2.45. The van der Waals surface area contributed by atoms with E-state index in [-0.39, 0.29) is 18.5 Å². The number of nitrogens with one attached hydrogen (secondary N) is 1. The first-order valence-corrected chi connectivity index (χ1v) is 32.8. The third-order valence-corrected chi connectivity index (χ3v) is 15.7. The zero-order valence-electron chi connectivity index (χ0n) is 48.5. The summed E-state index contributed by atoms with van der Waals surface area (Å²) in [6.07, 6.45) is 72.6. The topological polar surface area (TPSA) is 95.9 Å². The van der Waals surface area contributed by atoms with Crippen molar-refractivity contribution in [3.8, 4) is 0 Å². The molecular formula is C65H129NO5. The van der Waals surface area contributed by atoms with Gasteiger partial charge >= 0.3 is 5.97 Å². The second kappa shape index (κ2) is 61.4. The van der Waals surface area contributed by atoms with Crippen molar-refractivity contribution in [2.75, 3.05) is 13.2 Å². The van der Waals surface area contributed by atoms with Gasteiger partial charge in [-0.3, -0.25) is 9.59 Å². The van der Waals surface area contributed by atoms with Crippen molar-refractivity contribution >= 4 is 11.9 Å². The van der Waals surface area contributed by atoms with Crippen LogP contribution < -0.4 is 5.32 Å². The fraction of sp³-hybridized carbons (Fsp3) is 0.969. The maximum atomic E-state index is 12.5. The molecule has 0 aromatic heterocycles. The molecule has 2 unspecified atom stereocenters. The second-order valence-electron chi connectivity index (χ2n) is 22.8. The van der Waals surface area contributed by atoms with E-state index in [9.17, 15) is 19.8 Å². The Bertz CT molecular complexity index is 1020. The number of hydrogen-bond acceptors (Lipinski definition) is 5. The summed E-state index contributed by atoms with van der Waals surface area (Å²) in [6.45, 7) is 4.99. The van der Waals surface area contributed by atoms with E-state index < -0.39 is 12.1 Å². The van der Waals surface area contributed by atoms with Crippen molar-refractivity contribution in [3.05, 3.63) is 0 Å². The Labute approximate surface area is 445 Å². The summed E-state index contributed by atoms with van der Waals surface area (Å²) < 4.78 is 5.49. The molecule has 3 N–H and O–H groups in total. The van der Waals surface area contributed by atoms with Gasteiger partial charge in [0.05, 0.1) is 25.4 Å². The summed E-state index contributed by atoms with van der Waals surface area (Å²) in [6, 6.07) is -0.540. The highest BCUT2D eigenvalue weighted by Gasteiger charge is 2.20. The van der Waals surface area contributed by atoms with Crippen LogP contribution in [0.3, 0.4) is 0 Å². The van der Waals surface area contributed by atoms with Crippen molar-refractivity contribution in [1.29, 1.82) is 0 Å². The molecule has 0 aromatic carbocycles. The van der Waals surface area contributed by atoms with Crippen LogP contribution in [0.25, 0.3) is 0 Å². The fourth-order valence-electron chi connectivity index (χ4n) is 10.6. The standard InChI is InChI=1S/C65H129NO5/c1-3-5-7-9-11-13-15-17-19-26-30-33-37-41-45-49-53-57-63(68)62(61-67)66-64(69)58-54-50-46-42-38-34-31-27-24-22-20-21-23-25-28-32-36-40-44-48-52-56-60-71-65(70)59-55-51-47-43-39-35-29-18-16-14-12-10-8-6-4-2/h62-63,67-68H,3-61H2,1-2H3,(H,66,69). The van der Waals surface area contributed by atoms with Crippen LogP contribution in [0.15, 0.2) is 0 Å². The number of hydrogen-bond donors (Lipinski definition) is 3. The van der Waals surface area contributed by atoms with E-state index >= 15 is 0 Å². The second-order valence-corrected chi connectivity index (χ2v) is 22.8. The molecule has 71 heavy (non-hydrogen) atoms. The van der Waals surface area contributed by atoms with Gasteiger partial charge in [0, 0.05) is 12.8 Å². The lowest BCUT2D eigenvalue weighted by molar-refractivity contribution is -0.143. The van der Waals surface area contributed by atoms with Crippen LogP contribution in [-0.2, 0) is 14.3 Å². The van der Waals surface area contributed by atoms with E-state index in [0.717, 1.165) is 38.5 Å². The molecule has 0 spiro atoms. The van der Waals surface area contributed by atoms with Crippen molar-refractivity contribution in [2.45, 2.75) is 392 Å². The van der Waals surface area contributed by atoms with Crippen LogP contribution in [0.2, 0.25) is 0 Å². The maximum Gasteiger partial charge on any atom is 0.305 e. The minimum Gasteiger partial charge on any atom is -0.466 e. The van der Waals surface area contributed by atoms with E-state index in [0.29, 0.717) is 25.9 Å². The molecule has 0 heterocycles. The van der Waals surface area contributed by atoms with E-state index in [1.807, 2.05) is 0 Å². The number of rotatable bonds is 62. The molecule has 0 aliphatic rings. The van der Waals surface area contributed by atoms with Gasteiger partial charge in [-0.1, -0.05) is 341 Å². The highest BCUT2D eigenvalue weighted by atomic mass is 16.5. The first-order valence-electron chi connectivity index (χ1n) is 32.8. The molecule has 0 saturated carbocycles. The summed E-state index contributed by atoms with van der Waals surface area (Å²) in [5.74, 6) is -0.0136. The van der Waals surface area contributed by atoms with Crippen LogP contribution in [0, 0.1) is 0 Å². The van der Waals surface area contributed by atoms with Crippen LogP contribution in [0.5, 0.6) is 0 Å². The minimum absolute atomic E-state index is 0.0174. The molecule has 424 valence electrons. The number of carbonyl (C=O) groups is 2. The van der Waals surface area contributed by atoms with Crippen molar-refractivity contribution < 1.29 is 24.5 Å². The molecule has 0 aliphatic carbocycles. The maximum absolute atomic E-state index is 12.5. The molecule has 0 saturated heterocycles. The largest absolute Gasteiger partial charge is 0.466 e. The van der Waals surface area contributed by atoms with Gasteiger partial charge in [0.1, 0.15) is 0 Å². The number of aliphatic hydroxyl groups is 2. The Balaban J connectivity index is 3.36. The van der Waals surface area contributed by atoms with Gasteiger partial charge in [0.15, 0.2) is 0 Å². The molecular weight excluding hydrogens is 875 g/mol. The van der Waals surface area contributed by atoms with Gasteiger partial charge in [-0.15, -0.1) is 0 Å². The highest BCUT2D eigenvalue weighted by molar-refractivity contribution is 5.76. The summed E-state index contributed by atoms with van der Waals surface area (Å²) in [5, 5.41) is 23.3. The summed E-state index contributed by atoms with van der Waals surface area (Å²) in [4.78, 5) is 24.6. The Kier molecular flexibility index (Phi) is 60.4. The number of ether oxygens (including phenoxy) is 1. The third-order valence-electron chi connectivity index (χ3n) is 15.7. The van der Waals surface area contributed by atoms with Crippen molar-refractivity contribution in [3.63, 3.8) is 0 Å². The van der Waals surface area contributed by atoms with Crippen molar-refractivity contribution in [2.24, 2.45) is 0 Å². The number of carbonyl (C=O) groups excluding carboxylic acids is 2. The lowest BCUT2D eigenvalue weighted by atomic mass is 10.0. The SMILES string of the molecule is CCCCCCCCCCCCCCCCCCCC(O)C(CO)NC(=O)CCCCCCCCCCCCCCCCCCCCCCCCOC(=O)CCCCCCCCCCCCCCCCC. The molecule has 0 aromatic rings. The Morgan fingerprint density at radius 1 is 0.338 bits per heavy atom. The Morgan fingerprint density at radius 2 is 0.577 bits per heavy atom. The number of aliphatic hydroxyl groups excluding tert-OH is 2. The van der Waals surface area contributed by atoms with Crippen molar-refractivity contribution in [1.82, 2.24) is 5.32 Å². The van der Waals surface area contributed by atoms with Gasteiger partial charge in [-0.05, 0) is 25.7 Å². The highest BCUT2D eigenvalue weighted by Crippen LogP contribution is 2.19. The predicted octanol–water partition coefficient (Wildman–Crippen LogP) is 20.6. The van der Waals surface area contributed by atoms with Gasteiger partial charge in [0.25, 0.3) is 0 Å². The van der Waals surface area contributed by atoms with E-state index in [1.165, 1.54) is 308 Å².